The van der Waals surface area contributed by atoms with Crippen molar-refractivity contribution < 1.29 is 9.59 Å². The van der Waals surface area contributed by atoms with E-state index >= 15 is 0 Å². The fraction of sp³-hybridized carbons (Fsp3) is 0.333. The van der Waals surface area contributed by atoms with Crippen LogP contribution in [0.3, 0.4) is 0 Å². The van der Waals surface area contributed by atoms with Crippen molar-refractivity contribution in [3.63, 3.8) is 0 Å². The molecular weight excluding hydrogens is 290 g/mol. The average Bonchev–Trinajstić information content (AvgIpc) is 3.25. The number of carbonyl (C=O) groups excluding carboxylic acids is 2. The maximum absolute atomic E-state index is 12.1. The number of aromatic amines is 1. The zero-order valence-electron chi connectivity index (χ0n) is 13.0. The number of hydrogen-bond acceptors (Lipinski definition) is 2. The first-order valence-electron chi connectivity index (χ1n) is 8.04. The van der Waals surface area contributed by atoms with Gasteiger partial charge in [-0.1, -0.05) is 43.2 Å². The largest absolute Gasteiger partial charge is 0.352 e. The van der Waals surface area contributed by atoms with Crippen LogP contribution in [0.4, 0.5) is 0 Å². The third kappa shape index (κ3) is 4.00. The molecule has 2 amide bonds. The van der Waals surface area contributed by atoms with Crippen molar-refractivity contribution in [2.45, 2.75) is 31.7 Å². The molecule has 0 atom stereocenters. The number of H-pyrrole nitrogens is 1. The third-order valence-electron chi connectivity index (χ3n) is 4.15. The fourth-order valence-electron chi connectivity index (χ4n) is 2.92. The van der Waals surface area contributed by atoms with Crippen LogP contribution in [0.5, 0.6) is 0 Å². The molecule has 120 valence electrons. The van der Waals surface area contributed by atoms with Crippen molar-refractivity contribution in [2.75, 3.05) is 6.54 Å². The number of amides is 2. The van der Waals surface area contributed by atoms with Gasteiger partial charge in [-0.25, -0.2) is 0 Å². The molecule has 1 aliphatic rings. The first-order chi connectivity index (χ1) is 11.2. The van der Waals surface area contributed by atoms with Gasteiger partial charge in [0.2, 0.25) is 5.91 Å². The Morgan fingerprint density at radius 2 is 1.78 bits per heavy atom. The first kappa shape index (κ1) is 15.3. The second-order valence-electron chi connectivity index (χ2n) is 5.88. The van der Waals surface area contributed by atoms with Crippen molar-refractivity contribution in [3.05, 3.63) is 48.2 Å². The van der Waals surface area contributed by atoms with Crippen molar-refractivity contribution in [1.82, 2.24) is 15.6 Å². The zero-order valence-corrected chi connectivity index (χ0v) is 13.0. The number of nitrogens with one attached hydrogen (secondary N) is 3. The van der Waals surface area contributed by atoms with Crippen LogP contribution < -0.4 is 10.6 Å². The lowest BCUT2D eigenvalue weighted by molar-refractivity contribution is -0.120. The normalized spacial score (nSPS) is 14.6. The van der Waals surface area contributed by atoms with E-state index in [4.69, 9.17) is 0 Å². The molecule has 0 unspecified atom stereocenters. The van der Waals surface area contributed by atoms with Crippen LogP contribution in [-0.4, -0.2) is 29.4 Å². The number of rotatable bonds is 5. The maximum atomic E-state index is 12.1. The van der Waals surface area contributed by atoms with Crippen LogP contribution in [0.15, 0.2) is 42.5 Å². The Labute approximate surface area is 135 Å². The number of carbonyl (C=O) groups is 2. The molecule has 0 bridgehead atoms. The number of benzene rings is 1. The van der Waals surface area contributed by atoms with E-state index in [1.54, 1.807) is 6.07 Å². The summed E-state index contributed by atoms with van der Waals surface area (Å²) in [5.74, 6) is -0.395. The Bertz CT molecular complexity index is 673. The molecule has 0 aliphatic heterocycles. The van der Waals surface area contributed by atoms with E-state index in [1.807, 2.05) is 36.4 Å². The maximum Gasteiger partial charge on any atom is 0.268 e. The summed E-state index contributed by atoms with van der Waals surface area (Å²) in [7, 11) is 0. The quantitative estimate of drug-likeness (QED) is 0.793. The summed E-state index contributed by atoms with van der Waals surface area (Å²) in [5, 5.41) is 5.61. The minimum absolute atomic E-state index is 0.00895. The van der Waals surface area contributed by atoms with Crippen molar-refractivity contribution >= 4 is 11.8 Å². The highest BCUT2D eigenvalue weighted by molar-refractivity contribution is 5.95. The minimum atomic E-state index is -0.270. The molecule has 0 radical (unpaired) electrons. The zero-order chi connectivity index (χ0) is 16.1. The SMILES string of the molecule is O=C(CNC(=O)c1ccc(-c2ccccc2)[nH]1)NC1CCCC1. The lowest BCUT2D eigenvalue weighted by Gasteiger charge is -2.12. The van der Waals surface area contributed by atoms with Gasteiger partial charge in [-0.05, 0) is 30.5 Å². The van der Waals surface area contributed by atoms with Gasteiger partial charge in [0, 0.05) is 11.7 Å². The third-order valence-corrected chi connectivity index (χ3v) is 4.15. The average molecular weight is 311 g/mol. The molecule has 1 aliphatic carbocycles. The number of aromatic nitrogens is 1. The Balaban J connectivity index is 1.52. The minimum Gasteiger partial charge on any atom is -0.352 e. The van der Waals surface area contributed by atoms with E-state index in [1.165, 1.54) is 12.8 Å². The van der Waals surface area contributed by atoms with E-state index in [-0.39, 0.29) is 24.4 Å². The van der Waals surface area contributed by atoms with Gasteiger partial charge in [-0.3, -0.25) is 9.59 Å². The Hall–Kier alpha value is -2.56. The molecule has 23 heavy (non-hydrogen) atoms. The summed E-state index contributed by atoms with van der Waals surface area (Å²) >= 11 is 0. The molecule has 5 nitrogen and oxygen atoms in total. The molecule has 1 heterocycles. The van der Waals surface area contributed by atoms with Gasteiger partial charge in [0.1, 0.15) is 5.69 Å². The highest BCUT2D eigenvalue weighted by Crippen LogP contribution is 2.18. The lowest BCUT2D eigenvalue weighted by atomic mass is 10.2. The Kier molecular flexibility index (Phi) is 4.76. The monoisotopic (exact) mass is 311 g/mol. The second-order valence-corrected chi connectivity index (χ2v) is 5.88. The smallest absolute Gasteiger partial charge is 0.268 e. The van der Waals surface area contributed by atoms with Crippen LogP contribution in [0.25, 0.3) is 11.3 Å². The molecule has 1 saturated carbocycles. The summed E-state index contributed by atoms with van der Waals surface area (Å²) in [6.45, 7) is 0.00895. The van der Waals surface area contributed by atoms with Crippen LogP contribution >= 0.6 is 0 Å². The second kappa shape index (κ2) is 7.13. The van der Waals surface area contributed by atoms with Crippen LogP contribution in [0.1, 0.15) is 36.2 Å². The summed E-state index contributed by atoms with van der Waals surface area (Å²) in [6, 6.07) is 13.7. The van der Waals surface area contributed by atoms with Gasteiger partial charge < -0.3 is 15.6 Å². The molecule has 1 fully saturated rings. The molecule has 1 aromatic carbocycles. The van der Waals surface area contributed by atoms with Gasteiger partial charge in [0.15, 0.2) is 0 Å². The van der Waals surface area contributed by atoms with Gasteiger partial charge in [0.05, 0.1) is 6.54 Å². The van der Waals surface area contributed by atoms with E-state index < -0.39 is 0 Å². The van der Waals surface area contributed by atoms with Crippen molar-refractivity contribution in [1.29, 1.82) is 0 Å². The van der Waals surface area contributed by atoms with Crippen LogP contribution in [-0.2, 0) is 4.79 Å². The summed E-state index contributed by atoms with van der Waals surface area (Å²) < 4.78 is 0. The first-order valence-corrected chi connectivity index (χ1v) is 8.04. The predicted molar refractivity (Wildman–Crippen MR) is 89.0 cm³/mol. The summed E-state index contributed by atoms with van der Waals surface area (Å²) in [5.41, 5.74) is 2.36. The number of hydrogen-bond donors (Lipinski definition) is 3. The van der Waals surface area contributed by atoms with Crippen LogP contribution in [0.2, 0.25) is 0 Å². The molecule has 2 aromatic rings. The topological polar surface area (TPSA) is 74.0 Å². The highest BCUT2D eigenvalue weighted by atomic mass is 16.2. The van der Waals surface area contributed by atoms with E-state index in [0.29, 0.717) is 5.69 Å². The molecule has 3 rings (SSSR count). The van der Waals surface area contributed by atoms with Gasteiger partial charge in [-0.15, -0.1) is 0 Å². The Morgan fingerprint density at radius 3 is 2.52 bits per heavy atom. The lowest BCUT2D eigenvalue weighted by Crippen LogP contribution is -2.41. The molecule has 3 N–H and O–H groups in total. The van der Waals surface area contributed by atoms with Crippen molar-refractivity contribution in [3.8, 4) is 11.3 Å². The van der Waals surface area contributed by atoms with E-state index in [2.05, 4.69) is 15.6 Å². The van der Waals surface area contributed by atoms with Crippen molar-refractivity contribution in [2.24, 2.45) is 0 Å². The van der Waals surface area contributed by atoms with Crippen LogP contribution in [0, 0.1) is 0 Å². The molecule has 0 spiro atoms. The standard InChI is InChI=1S/C18H21N3O2/c22-17(20-14-8-4-5-9-14)12-19-18(23)16-11-10-15(21-16)13-6-2-1-3-7-13/h1-3,6-7,10-11,14,21H,4-5,8-9,12H2,(H,19,23)(H,20,22). The molecule has 1 aromatic heterocycles. The summed E-state index contributed by atoms with van der Waals surface area (Å²) in [6.07, 6.45) is 4.41. The van der Waals surface area contributed by atoms with E-state index in [9.17, 15) is 9.59 Å². The van der Waals surface area contributed by atoms with Gasteiger partial charge in [0.25, 0.3) is 5.91 Å². The molecular formula is C18H21N3O2. The summed E-state index contributed by atoms with van der Waals surface area (Å²) in [4.78, 5) is 27.0. The van der Waals surface area contributed by atoms with E-state index in [0.717, 1.165) is 24.1 Å². The Morgan fingerprint density at radius 1 is 1.04 bits per heavy atom. The van der Waals surface area contributed by atoms with Gasteiger partial charge >= 0.3 is 0 Å². The predicted octanol–water partition coefficient (Wildman–Crippen LogP) is 2.47. The molecule has 0 saturated heterocycles. The molecule has 5 heteroatoms. The van der Waals surface area contributed by atoms with Gasteiger partial charge in [-0.2, -0.15) is 0 Å². The fourth-order valence-corrected chi connectivity index (χ4v) is 2.92. The highest BCUT2D eigenvalue weighted by Gasteiger charge is 2.17.